The molecule has 1 atom stereocenters. The maximum absolute atomic E-state index is 13.2. The second-order valence-corrected chi connectivity index (χ2v) is 10.5. The molecule has 39 heavy (non-hydrogen) atoms. The summed E-state index contributed by atoms with van der Waals surface area (Å²) in [5.41, 5.74) is 3.06. The van der Waals surface area contributed by atoms with Crippen LogP contribution in [-0.4, -0.2) is 29.3 Å². The van der Waals surface area contributed by atoms with E-state index in [-0.39, 0.29) is 6.61 Å². The number of halogens is 2. The molecule has 5 rings (SSSR count). The number of para-hydroxylation sites is 1. The lowest BCUT2D eigenvalue weighted by atomic mass is 9.80. The summed E-state index contributed by atoms with van der Waals surface area (Å²) in [4.78, 5) is 29.7. The van der Waals surface area contributed by atoms with E-state index in [1.54, 1.807) is 30.3 Å². The van der Waals surface area contributed by atoms with Crippen LogP contribution in [0, 0.1) is 5.92 Å². The molecule has 0 aliphatic carbocycles. The third-order valence-electron chi connectivity index (χ3n) is 6.52. The molecule has 0 radical (unpaired) electrons. The van der Waals surface area contributed by atoms with Crippen molar-refractivity contribution in [3.05, 3.63) is 93.6 Å². The van der Waals surface area contributed by atoms with Gasteiger partial charge in [0.2, 0.25) is 0 Å². The molecule has 7 nitrogen and oxygen atoms in total. The van der Waals surface area contributed by atoms with Gasteiger partial charge in [-0.05, 0) is 48.4 Å². The Morgan fingerprint density at radius 3 is 2.41 bits per heavy atom. The van der Waals surface area contributed by atoms with E-state index in [1.165, 1.54) is 13.8 Å². The Morgan fingerprint density at radius 1 is 0.949 bits per heavy atom. The zero-order chi connectivity index (χ0) is 27.7. The van der Waals surface area contributed by atoms with Gasteiger partial charge in [-0.15, -0.1) is 0 Å². The van der Waals surface area contributed by atoms with Gasteiger partial charge in [0.1, 0.15) is 6.61 Å². The summed E-state index contributed by atoms with van der Waals surface area (Å²) in [5.74, 6) is -3.62. The van der Waals surface area contributed by atoms with Crippen LogP contribution in [0.4, 0.5) is 0 Å². The van der Waals surface area contributed by atoms with Crippen molar-refractivity contribution in [2.24, 2.45) is 5.92 Å². The Bertz CT molecular complexity index is 1530. The highest BCUT2D eigenvalue weighted by Crippen LogP contribution is 2.43. The fraction of sp³-hybridized carbons (Fsp3) is 0.267. The highest BCUT2D eigenvalue weighted by atomic mass is 35.5. The lowest BCUT2D eigenvalue weighted by Gasteiger charge is -2.36. The average Bonchev–Trinajstić information content (AvgIpc) is 3.30. The van der Waals surface area contributed by atoms with E-state index in [9.17, 15) is 9.59 Å². The fourth-order valence-electron chi connectivity index (χ4n) is 4.80. The van der Waals surface area contributed by atoms with Crippen LogP contribution in [-0.2, 0) is 25.7 Å². The number of aromatic amines is 1. The van der Waals surface area contributed by atoms with Gasteiger partial charge in [-0.1, -0.05) is 53.5 Å². The van der Waals surface area contributed by atoms with E-state index in [1.807, 2.05) is 43.5 Å². The maximum Gasteiger partial charge on any atom is 0.324 e. The quantitative estimate of drug-likeness (QED) is 0.181. The molecule has 1 aliphatic rings. The molecule has 3 aromatic carbocycles. The first-order valence-corrected chi connectivity index (χ1v) is 13.3. The minimum atomic E-state index is -1.34. The Hall–Kier alpha value is -3.68. The predicted octanol–water partition coefficient (Wildman–Crippen LogP) is 7.04. The summed E-state index contributed by atoms with van der Waals surface area (Å²) in [6, 6.07) is 18.2. The van der Waals surface area contributed by atoms with Crippen LogP contribution in [0.2, 0.25) is 10.0 Å². The molecule has 0 bridgehead atoms. The van der Waals surface area contributed by atoms with Crippen molar-refractivity contribution in [3.8, 4) is 11.5 Å². The van der Waals surface area contributed by atoms with Crippen molar-refractivity contribution in [2.75, 3.05) is 6.61 Å². The normalized spacial score (nSPS) is 16.0. The number of H-pyrrole nitrogens is 1. The average molecular weight is 568 g/mol. The summed E-state index contributed by atoms with van der Waals surface area (Å²) < 4.78 is 23.0. The minimum Gasteiger partial charge on any atom is -0.490 e. The molecule has 0 saturated carbocycles. The molecule has 1 N–H and O–H groups in total. The highest BCUT2D eigenvalue weighted by Gasteiger charge is 2.48. The maximum atomic E-state index is 13.2. The number of ether oxygens (including phenoxy) is 4. The molecular weight excluding hydrogens is 541 g/mol. The largest absolute Gasteiger partial charge is 0.490 e. The van der Waals surface area contributed by atoms with Crippen LogP contribution in [0.15, 0.2) is 66.9 Å². The monoisotopic (exact) mass is 567 g/mol. The number of carbonyl (C=O) groups is 2. The molecule has 0 amide bonds. The lowest BCUT2D eigenvalue weighted by Crippen LogP contribution is -2.48. The van der Waals surface area contributed by atoms with Gasteiger partial charge in [0, 0.05) is 52.5 Å². The number of rotatable bonds is 8. The number of esters is 2. The molecule has 2 heterocycles. The van der Waals surface area contributed by atoms with Gasteiger partial charge in [-0.3, -0.25) is 9.59 Å². The fourth-order valence-corrected chi connectivity index (χ4v) is 5.27. The van der Waals surface area contributed by atoms with Gasteiger partial charge in [-0.2, -0.15) is 0 Å². The summed E-state index contributed by atoms with van der Waals surface area (Å²) >= 11 is 12.3. The van der Waals surface area contributed by atoms with E-state index in [4.69, 9.17) is 42.1 Å². The predicted molar refractivity (Wildman–Crippen MR) is 148 cm³/mol. The van der Waals surface area contributed by atoms with Crippen LogP contribution in [0.5, 0.6) is 11.5 Å². The van der Waals surface area contributed by atoms with E-state index in [0.29, 0.717) is 33.7 Å². The van der Waals surface area contributed by atoms with Gasteiger partial charge < -0.3 is 23.9 Å². The molecule has 1 aliphatic heterocycles. The van der Waals surface area contributed by atoms with Crippen molar-refractivity contribution < 1.29 is 28.5 Å². The van der Waals surface area contributed by atoms with Crippen molar-refractivity contribution in [2.45, 2.75) is 39.1 Å². The zero-order valence-corrected chi connectivity index (χ0v) is 23.1. The van der Waals surface area contributed by atoms with Crippen LogP contribution in [0.25, 0.3) is 10.9 Å². The third kappa shape index (κ3) is 5.56. The Kier molecular flexibility index (Phi) is 7.47. The van der Waals surface area contributed by atoms with E-state index in [0.717, 1.165) is 22.0 Å². The Morgan fingerprint density at radius 2 is 1.69 bits per heavy atom. The summed E-state index contributed by atoms with van der Waals surface area (Å²) in [6.45, 7) is 5.50. The number of nitrogens with one attached hydrogen (secondary N) is 1. The van der Waals surface area contributed by atoms with Gasteiger partial charge >= 0.3 is 11.9 Å². The molecule has 202 valence electrons. The van der Waals surface area contributed by atoms with Crippen LogP contribution in [0.3, 0.4) is 0 Å². The van der Waals surface area contributed by atoms with Crippen molar-refractivity contribution >= 4 is 46.0 Å². The standard InChI is InChI=1S/C30H27Cl2NO6/c1-4-36-25-13-17(10-12-24(25)37-16-18-9-11-19(31)14-22(18)32)26(21-15-33-23-8-6-5-7-20(21)23)27-28(34)38-30(2,3)39-29(27)35/h5-15,26-27,33H,4,16H2,1-3H3/t26-/m0/s1. The number of aromatic nitrogens is 1. The number of benzene rings is 3. The molecule has 0 spiro atoms. The van der Waals surface area contributed by atoms with Gasteiger partial charge in [0.15, 0.2) is 17.4 Å². The summed E-state index contributed by atoms with van der Waals surface area (Å²) in [5, 5.41) is 1.91. The minimum absolute atomic E-state index is 0.192. The number of carbonyl (C=O) groups excluding carboxylic acids is 2. The SMILES string of the molecule is CCOc1cc([C@@H](c2c[nH]c3ccccc23)C2C(=O)OC(C)(C)OC2=O)ccc1OCc1ccc(Cl)cc1Cl. The first-order chi connectivity index (χ1) is 18.7. The number of hydrogen-bond acceptors (Lipinski definition) is 6. The molecule has 9 heteroatoms. The van der Waals surface area contributed by atoms with Gasteiger partial charge in [0.05, 0.1) is 6.61 Å². The van der Waals surface area contributed by atoms with Crippen molar-refractivity contribution in [3.63, 3.8) is 0 Å². The molecule has 4 aromatic rings. The molecule has 1 saturated heterocycles. The molecule has 1 aromatic heterocycles. The van der Waals surface area contributed by atoms with Crippen molar-refractivity contribution in [1.82, 2.24) is 4.98 Å². The van der Waals surface area contributed by atoms with Gasteiger partial charge in [0.25, 0.3) is 5.79 Å². The Balaban J connectivity index is 1.56. The van der Waals surface area contributed by atoms with E-state index in [2.05, 4.69) is 4.98 Å². The van der Waals surface area contributed by atoms with Gasteiger partial charge in [-0.25, -0.2) is 0 Å². The topological polar surface area (TPSA) is 86.9 Å². The molecule has 0 unspecified atom stereocenters. The zero-order valence-electron chi connectivity index (χ0n) is 21.6. The number of hydrogen-bond donors (Lipinski definition) is 1. The summed E-state index contributed by atoms with van der Waals surface area (Å²) in [7, 11) is 0. The van der Waals surface area contributed by atoms with E-state index < -0.39 is 29.6 Å². The first kappa shape index (κ1) is 26.9. The Labute approximate surface area is 235 Å². The third-order valence-corrected chi connectivity index (χ3v) is 7.10. The van der Waals surface area contributed by atoms with Crippen molar-refractivity contribution in [1.29, 1.82) is 0 Å². The summed E-state index contributed by atoms with van der Waals surface area (Å²) in [6.07, 6.45) is 1.81. The smallest absolute Gasteiger partial charge is 0.324 e. The van der Waals surface area contributed by atoms with Crippen LogP contribution >= 0.6 is 23.2 Å². The lowest BCUT2D eigenvalue weighted by molar-refractivity contribution is -0.240. The first-order valence-electron chi connectivity index (χ1n) is 12.5. The second kappa shape index (κ2) is 10.8. The van der Waals surface area contributed by atoms with Crippen LogP contribution < -0.4 is 9.47 Å². The highest BCUT2D eigenvalue weighted by molar-refractivity contribution is 6.35. The number of fused-ring (bicyclic) bond motifs is 1. The molecular formula is C30H27Cl2NO6. The number of cyclic esters (lactones) is 2. The van der Waals surface area contributed by atoms with Crippen LogP contribution in [0.1, 0.15) is 43.4 Å². The second-order valence-electron chi connectivity index (χ2n) is 9.65. The molecule has 1 fully saturated rings. The van der Waals surface area contributed by atoms with E-state index >= 15 is 0 Å².